The molecular weight excluding hydrogens is 202 g/mol. The fourth-order valence-corrected chi connectivity index (χ4v) is 1.42. The molecule has 2 aromatic rings. The molecule has 1 N–H and O–H groups in total. The molecule has 0 radical (unpaired) electrons. The van der Waals surface area contributed by atoms with Crippen molar-refractivity contribution in [3.63, 3.8) is 0 Å². The normalized spacial score (nSPS) is 10.7. The van der Waals surface area contributed by atoms with Crippen molar-refractivity contribution >= 4 is 0 Å². The van der Waals surface area contributed by atoms with Crippen LogP contribution >= 0.6 is 0 Å². The van der Waals surface area contributed by atoms with Gasteiger partial charge >= 0.3 is 6.01 Å². The lowest BCUT2D eigenvalue weighted by Crippen LogP contribution is -1.91. The van der Waals surface area contributed by atoms with Gasteiger partial charge in [0.2, 0.25) is 0 Å². The third-order valence-corrected chi connectivity index (χ3v) is 2.38. The van der Waals surface area contributed by atoms with E-state index in [-0.39, 0.29) is 6.01 Å². The van der Waals surface area contributed by atoms with E-state index in [0.29, 0.717) is 5.92 Å². The van der Waals surface area contributed by atoms with Crippen LogP contribution in [0.4, 0.5) is 0 Å². The molecule has 2 rings (SSSR count). The summed E-state index contributed by atoms with van der Waals surface area (Å²) in [6.07, 6.45) is 4.90. The summed E-state index contributed by atoms with van der Waals surface area (Å²) < 4.78 is 0. The Labute approximate surface area is 94.0 Å². The number of hydrogen-bond donors (Lipinski definition) is 1. The van der Waals surface area contributed by atoms with E-state index in [0.717, 1.165) is 11.3 Å². The molecule has 0 unspecified atom stereocenters. The number of nitrogens with zero attached hydrogens (tertiary/aromatic N) is 3. The smallest absolute Gasteiger partial charge is 0.313 e. The van der Waals surface area contributed by atoms with Gasteiger partial charge in [-0.1, -0.05) is 13.8 Å². The summed E-state index contributed by atoms with van der Waals surface area (Å²) in [4.78, 5) is 11.7. The maximum atomic E-state index is 9.00. The molecule has 0 spiro atoms. The second-order valence-corrected chi connectivity index (χ2v) is 3.90. The zero-order chi connectivity index (χ0) is 11.5. The van der Waals surface area contributed by atoms with Crippen LogP contribution in [0.5, 0.6) is 6.01 Å². The average molecular weight is 215 g/mol. The fraction of sp³-hybridized carbons (Fsp3) is 0.250. The van der Waals surface area contributed by atoms with Gasteiger partial charge in [-0.3, -0.25) is 4.98 Å². The van der Waals surface area contributed by atoms with Crippen LogP contribution in [0.25, 0.3) is 11.3 Å². The van der Waals surface area contributed by atoms with E-state index >= 15 is 0 Å². The average Bonchev–Trinajstić information content (AvgIpc) is 2.30. The van der Waals surface area contributed by atoms with Gasteiger partial charge in [0.1, 0.15) is 0 Å². The molecule has 0 saturated carbocycles. The first-order chi connectivity index (χ1) is 7.66. The highest BCUT2D eigenvalue weighted by atomic mass is 16.3. The summed E-state index contributed by atoms with van der Waals surface area (Å²) in [5.74, 6) is 0.458. The van der Waals surface area contributed by atoms with Gasteiger partial charge < -0.3 is 5.11 Å². The van der Waals surface area contributed by atoms with Crippen molar-refractivity contribution in [2.45, 2.75) is 19.8 Å². The van der Waals surface area contributed by atoms with Gasteiger partial charge in [0.05, 0.1) is 5.69 Å². The van der Waals surface area contributed by atoms with E-state index in [9.17, 15) is 0 Å². The lowest BCUT2D eigenvalue weighted by atomic mass is 10.0. The minimum absolute atomic E-state index is 0.219. The van der Waals surface area contributed by atoms with E-state index in [1.54, 1.807) is 18.6 Å². The van der Waals surface area contributed by atoms with E-state index in [2.05, 4.69) is 28.8 Å². The van der Waals surface area contributed by atoms with Gasteiger partial charge in [0.25, 0.3) is 0 Å². The summed E-state index contributed by atoms with van der Waals surface area (Å²) in [6.45, 7) is 4.26. The Hall–Kier alpha value is -1.97. The SMILES string of the molecule is CC(C)c1ccnc(-c2cnc(O)nc2)c1. The minimum Gasteiger partial charge on any atom is -0.479 e. The topological polar surface area (TPSA) is 58.9 Å². The van der Waals surface area contributed by atoms with Crippen molar-refractivity contribution in [1.29, 1.82) is 0 Å². The third-order valence-electron chi connectivity index (χ3n) is 2.38. The van der Waals surface area contributed by atoms with Gasteiger partial charge in [-0.2, -0.15) is 0 Å². The molecule has 0 aliphatic heterocycles. The van der Waals surface area contributed by atoms with E-state index in [1.807, 2.05) is 12.1 Å². The van der Waals surface area contributed by atoms with Crippen LogP contribution < -0.4 is 0 Å². The van der Waals surface area contributed by atoms with Gasteiger partial charge in [-0.05, 0) is 23.6 Å². The standard InChI is InChI=1S/C12H13N3O/c1-8(2)9-3-4-13-11(5-9)10-6-14-12(16)15-7-10/h3-8H,1-2H3,(H,14,15,16). The van der Waals surface area contributed by atoms with Crippen LogP contribution in [0.2, 0.25) is 0 Å². The molecule has 0 fully saturated rings. The highest BCUT2D eigenvalue weighted by Crippen LogP contribution is 2.20. The third kappa shape index (κ3) is 2.16. The summed E-state index contributed by atoms with van der Waals surface area (Å²) in [6, 6.07) is 3.79. The van der Waals surface area contributed by atoms with Crippen molar-refractivity contribution < 1.29 is 5.11 Å². The molecule has 4 nitrogen and oxygen atoms in total. The molecule has 0 saturated heterocycles. The van der Waals surface area contributed by atoms with E-state index in [1.165, 1.54) is 5.56 Å². The molecule has 16 heavy (non-hydrogen) atoms. The molecule has 0 amide bonds. The Morgan fingerprint density at radius 1 is 1.12 bits per heavy atom. The summed E-state index contributed by atoms with van der Waals surface area (Å²) in [5.41, 5.74) is 2.85. The van der Waals surface area contributed by atoms with Crippen molar-refractivity contribution in [2.24, 2.45) is 0 Å². The zero-order valence-electron chi connectivity index (χ0n) is 9.25. The first-order valence-electron chi connectivity index (χ1n) is 5.14. The number of rotatable bonds is 2. The van der Waals surface area contributed by atoms with Crippen LogP contribution in [-0.2, 0) is 0 Å². The molecular formula is C12H13N3O. The predicted molar refractivity (Wildman–Crippen MR) is 61.0 cm³/mol. The van der Waals surface area contributed by atoms with Crippen molar-refractivity contribution in [3.05, 3.63) is 36.3 Å². The van der Waals surface area contributed by atoms with Gasteiger partial charge in [0, 0.05) is 24.2 Å². The first-order valence-corrected chi connectivity index (χ1v) is 5.14. The summed E-state index contributed by atoms with van der Waals surface area (Å²) in [5, 5.41) is 9.00. The highest BCUT2D eigenvalue weighted by molar-refractivity contribution is 5.57. The molecule has 0 aliphatic carbocycles. The Bertz CT molecular complexity index is 480. The number of aromatic hydroxyl groups is 1. The maximum absolute atomic E-state index is 9.00. The van der Waals surface area contributed by atoms with E-state index < -0.39 is 0 Å². The van der Waals surface area contributed by atoms with Crippen molar-refractivity contribution in [3.8, 4) is 17.3 Å². The van der Waals surface area contributed by atoms with E-state index in [4.69, 9.17) is 5.11 Å². The Balaban J connectivity index is 2.40. The summed E-state index contributed by atoms with van der Waals surface area (Å²) in [7, 11) is 0. The fourth-order valence-electron chi connectivity index (χ4n) is 1.42. The monoisotopic (exact) mass is 215 g/mol. The maximum Gasteiger partial charge on any atom is 0.313 e. The molecule has 0 atom stereocenters. The molecule has 4 heteroatoms. The second kappa shape index (κ2) is 4.26. The molecule has 0 aromatic carbocycles. The molecule has 2 aromatic heterocycles. The van der Waals surface area contributed by atoms with Crippen LogP contribution in [0.15, 0.2) is 30.7 Å². The van der Waals surface area contributed by atoms with Crippen LogP contribution in [-0.4, -0.2) is 20.1 Å². The lowest BCUT2D eigenvalue weighted by Gasteiger charge is -2.06. The molecule has 82 valence electrons. The van der Waals surface area contributed by atoms with Gasteiger partial charge in [-0.25, -0.2) is 9.97 Å². The predicted octanol–water partition coefficient (Wildman–Crippen LogP) is 2.37. The van der Waals surface area contributed by atoms with Crippen LogP contribution in [0, 0.1) is 0 Å². The Morgan fingerprint density at radius 3 is 2.44 bits per heavy atom. The minimum atomic E-state index is -0.219. The zero-order valence-corrected chi connectivity index (χ0v) is 9.25. The largest absolute Gasteiger partial charge is 0.479 e. The van der Waals surface area contributed by atoms with Crippen molar-refractivity contribution in [1.82, 2.24) is 15.0 Å². The second-order valence-electron chi connectivity index (χ2n) is 3.90. The quantitative estimate of drug-likeness (QED) is 0.835. The van der Waals surface area contributed by atoms with Crippen LogP contribution in [0.1, 0.15) is 25.3 Å². The Kier molecular flexibility index (Phi) is 2.81. The molecule has 0 aliphatic rings. The van der Waals surface area contributed by atoms with Gasteiger partial charge in [-0.15, -0.1) is 0 Å². The van der Waals surface area contributed by atoms with Crippen LogP contribution in [0.3, 0.4) is 0 Å². The lowest BCUT2D eigenvalue weighted by molar-refractivity contribution is 0.430. The highest BCUT2D eigenvalue weighted by Gasteiger charge is 2.04. The Morgan fingerprint density at radius 2 is 1.81 bits per heavy atom. The number of aromatic nitrogens is 3. The number of pyridine rings is 1. The first kappa shape index (κ1) is 10.5. The van der Waals surface area contributed by atoms with Gasteiger partial charge in [0.15, 0.2) is 0 Å². The molecule has 0 bridgehead atoms. The van der Waals surface area contributed by atoms with Crippen molar-refractivity contribution in [2.75, 3.05) is 0 Å². The molecule has 2 heterocycles. The summed E-state index contributed by atoms with van der Waals surface area (Å²) >= 11 is 0. The number of hydrogen-bond acceptors (Lipinski definition) is 4.